The van der Waals surface area contributed by atoms with Crippen molar-refractivity contribution in [2.24, 2.45) is 0 Å². The van der Waals surface area contributed by atoms with E-state index in [2.05, 4.69) is 71.5 Å². The van der Waals surface area contributed by atoms with Crippen LogP contribution in [0, 0.1) is 25.2 Å². The molecular formula is C46H49ClN4O7. The summed E-state index contributed by atoms with van der Waals surface area (Å²) in [6.07, 6.45) is 3.84. The van der Waals surface area contributed by atoms with Crippen molar-refractivity contribution < 1.29 is 34.3 Å². The van der Waals surface area contributed by atoms with Crippen LogP contribution >= 0.6 is 11.6 Å². The number of aliphatic hydroxyl groups is 2. The van der Waals surface area contributed by atoms with Gasteiger partial charge in [0.15, 0.2) is 0 Å². The van der Waals surface area contributed by atoms with Crippen LogP contribution in [0.1, 0.15) is 52.6 Å². The predicted molar refractivity (Wildman–Crippen MR) is 223 cm³/mol. The van der Waals surface area contributed by atoms with Gasteiger partial charge in [-0.2, -0.15) is 5.26 Å². The molecule has 0 radical (unpaired) electrons. The number of nitriles is 1. The number of benzene rings is 4. The highest BCUT2D eigenvalue weighted by molar-refractivity contribution is 6.32. The van der Waals surface area contributed by atoms with Gasteiger partial charge in [-0.25, -0.2) is 0 Å². The van der Waals surface area contributed by atoms with Gasteiger partial charge in [0, 0.05) is 55.8 Å². The van der Waals surface area contributed by atoms with E-state index >= 15 is 0 Å². The third-order valence-corrected chi connectivity index (χ3v) is 10.6. The number of hydrogen-bond acceptors (Lipinski definition) is 10. The predicted octanol–water partition coefficient (Wildman–Crippen LogP) is 7.48. The number of rotatable bonds is 18. The summed E-state index contributed by atoms with van der Waals surface area (Å²) in [5.74, 6) is 0.642. The van der Waals surface area contributed by atoms with Crippen LogP contribution in [0.25, 0.3) is 22.3 Å². The molecule has 2 atom stereocenters. The molecule has 0 aliphatic carbocycles. The van der Waals surface area contributed by atoms with Gasteiger partial charge in [-0.3, -0.25) is 14.7 Å². The number of aliphatic hydroxyl groups excluding tert-OH is 2. The summed E-state index contributed by atoms with van der Waals surface area (Å²) < 4.78 is 18.9. The first-order valence-electron chi connectivity index (χ1n) is 19.4. The number of carboxylic acid groups (broad SMARTS) is 1. The van der Waals surface area contributed by atoms with E-state index in [9.17, 15) is 20.3 Å². The third-order valence-electron chi connectivity index (χ3n) is 10.3. The monoisotopic (exact) mass is 804 g/mol. The number of carboxylic acids is 1. The molecule has 4 aromatic carbocycles. The number of aliphatic carboxylic acids is 1. The zero-order valence-corrected chi connectivity index (χ0v) is 33.5. The highest BCUT2D eigenvalue weighted by atomic mass is 35.5. The summed E-state index contributed by atoms with van der Waals surface area (Å²) in [4.78, 5) is 17.4. The fourth-order valence-corrected chi connectivity index (χ4v) is 7.52. The standard InChI is InChI=1S/C46H49ClN4O7/c1-30-35(29-57-45-21-44(56-28-33-18-32(22-48)23-49-24-33)36(19-43(45)47)25-50-26-37(53)20-46(54)55)6-3-9-41(30)42-10-4-8-40(31(42)2)34-11-13-38(14-12-34)58-39-7-5-15-51(27-39)16-17-52/h3-4,6,8-14,18-19,21,23-24,37,39,50,52-53H,5,7,15-17,20,25-29H2,1-2H3,(H,54,55)/t37-,39-/m0/s1. The summed E-state index contributed by atoms with van der Waals surface area (Å²) in [5, 5.41) is 41.2. The van der Waals surface area contributed by atoms with Gasteiger partial charge in [-0.15, -0.1) is 0 Å². The molecule has 6 rings (SSSR count). The number of halogens is 1. The van der Waals surface area contributed by atoms with Crippen LogP contribution in [-0.2, 0) is 24.6 Å². The minimum atomic E-state index is -1.09. The SMILES string of the molecule is Cc1c(COc2cc(OCc3cncc(C#N)c3)c(CNC[C@@H](O)CC(=O)O)cc2Cl)cccc1-c1cccc(-c2ccc(O[C@H]3CCCN(CCO)C3)cc2)c1C. The molecule has 0 saturated carbocycles. The molecule has 0 amide bonds. The first-order chi connectivity index (χ1) is 28.1. The molecule has 5 aromatic rings. The van der Waals surface area contributed by atoms with Crippen LogP contribution in [0.5, 0.6) is 17.2 Å². The van der Waals surface area contributed by atoms with E-state index in [4.69, 9.17) is 30.9 Å². The molecule has 12 heteroatoms. The Morgan fingerprint density at radius 1 is 0.966 bits per heavy atom. The van der Waals surface area contributed by atoms with Crippen LogP contribution < -0.4 is 19.5 Å². The van der Waals surface area contributed by atoms with Crippen LogP contribution in [0.15, 0.2) is 91.3 Å². The van der Waals surface area contributed by atoms with Crippen molar-refractivity contribution in [1.29, 1.82) is 5.26 Å². The van der Waals surface area contributed by atoms with E-state index in [-0.39, 0.29) is 45.4 Å². The van der Waals surface area contributed by atoms with Gasteiger partial charge >= 0.3 is 5.97 Å². The van der Waals surface area contributed by atoms with Crippen molar-refractivity contribution in [1.82, 2.24) is 15.2 Å². The molecule has 58 heavy (non-hydrogen) atoms. The zero-order chi connectivity index (χ0) is 41.0. The molecule has 4 N–H and O–H groups in total. The fraction of sp³-hybridized carbons (Fsp3) is 0.326. The lowest BCUT2D eigenvalue weighted by atomic mass is 9.89. The van der Waals surface area contributed by atoms with Gasteiger partial charge in [0.25, 0.3) is 0 Å². The number of piperidine rings is 1. The Labute approximate surface area is 344 Å². The summed E-state index contributed by atoms with van der Waals surface area (Å²) in [6, 6.07) is 28.1. The van der Waals surface area contributed by atoms with E-state index < -0.39 is 12.1 Å². The summed E-state index contributed by atoms with van der Waals surface area (Å²) in [5.41, 5.74) is 9.47. The zero-order valence-electron chi connectivity index (χ0n) is 32.8. The lowest BCUT2D eigenvalue weighted by Crippen LogP contribution is -2.42. The van der Waals surface area contributed by atoms with Crippen molar-refractivity contribution in [2.45, 2.75) is 65.1 Å². The van der Waals surface area contributed by atoms with Gasteiger partial charge < -0.3 is 34.8 Å². The smallest absolute Gasteiger partial charge is 0.306 e. The second-order valence-corrected chi connectivity index (χ2v) is 14.9. The number of aromatic nitrogens is 1. The van der Waals surface area contributed by atoms with Gasteiger partial charge in [0.1, 0.15) is 42.6 Å². The van der Waals surface area contributed by atoms with E-state index in [1.165, 1.54) is 6.20 Å². The number of nitrogens with zero attached hydrogens (tertiary/aromatic N) is 3. The highest BCUT2D eigenvalue weighted by Crippen LogP contribution is 2.37. The largest absolute Gasteiger partial charge is 0.489 e. The summed E-state index contributed by atoms with van der Waals surface area (Å²) in [6.45, 7) is 7.56. The average Bonchev–Trinajstić information content (AvgIpc) is 3.21. The number of β-amino-alcohol motifs (C(OH)–C–C–N with tert-alkyl or cyclic N) is 1. The molecule has 0 unspecified atom stereocenters. The second-order valence-electron chi connectivity index (χ2n) is 14.5. The molecule has 1 aromatic heterocycles. The lowest BCUT2D eigenvalue weighted by Gasteiger charge is -2.32. The van der Waals surface area contributed by atoms with Crippen LogP contribution in [0.4, 0.5) is 0 Å². The fourth-order valence-electron chi connectivity index (χ4n) is 7.28. The summed E-state index contributed by atoms with van der Waals surface area (Å²) in [7, 11) is 0. The van der Waals surface area contributed by atoms with E-state index in [0.29, 0.717) is 39.8 Å². The minimum absolute atomic E-state index is 0.0572. The average molecular weight is 805 g/mol. The van der Waals surface area contributed by atoms with Crippen molar-refractivity contribution in [3.63, 3.8) is 0 Å². The normalized spacial score (nSPS) is 14.7. The van der Waals surface area contributed by atoms with Crippen LogP contribution in [0.2, 0.25) is 5.02 Å². The van der Waals surface area contributed by atoms with Crippen molar-refractivity contribution >= 4 is 17.6 Å². The van der Waals surface area contributed by atoms with Crippen LogP contribution in [0.3, 0.4) is 0 Å². The molecule has 302 valence electrons. The van der Waals surface area contributed by atoms with E-state index in [1.54, 1.807) is 24.4 Å². The maximum absolute atomic E-state index is 11.0. The Hall–Kier alpha value is -5.48. The van der Waals surface area contributed by atoms with Crippen molar-refractivity contribution in [3.05, 3.63) is 130 Å². The number of ether oxygens (including phenoxy) is 3. The Balaban J connectivity index is 1.17. The number of pyridine rings is 1. The Morgan fingerprint density at radius 2 is 1.71 bits per heavy atom. The number of carbonyl (C=O) groups is 1. The molecule has 11 nitrogen and oxygen atoms in total. The Bertz CT molecular complexity index is 2220. The highest BCUT2D eigenvalue weighted by Gasteiger charge is 2.21. The Kier molecular flexibility index (Phi) is 14.7. The minimum Gasteiger partial charge on any atom is -0.489 e. The van der Waals surface area contributed by atoms with Crippen LogP contribution in [-0.4, -0.2) is 76.2 Å². The quantitative estimate of drug-likeness (QED) is 0.0697. The first-order valence-corrected chi connectivity index (χ1v) is 19.8. The molecule has 1 aliphatic heterocycles. The second kappa shape index (κ2) is 20.3. The van der Waals surface area contributed by atoms with E-state index in [1.807, 2.05) is 24.3 Å². The van der Waals surface area contributed by atoms with Gasteiger partial charge in [-0.1, -0.05) is 60.1 Å². The molecule has 1 aliphatic rings. The third kappa shape index (κ3) is 11.1. The molecule has 2 heterocycles. The number of hydrogen-bond donors (Lipinski definition) is 4. The molecule has 0 spiro atoms. The molecular weight excluding hydrogens is 756 g/mol. The lowest BCUT2D eigenvalue weighted by molar-refractivity contribution is -0.139. The maximum atomic E-state index is 11.0. The summed E-state index contributed by atoms with van der Waals surface area (Å²) >= 11 is 6.77. The Morgan fingerprint density at radius 3 is 2.47 bits per heavy atom. The van der Waals surface area contributed by atoms with Crippen molar-refractivity contribution in [2.75, 3.05) is 32.8 Å². The molecule has 1 saturated heterocycles. The van der Waals surface area contributed by atoms with Gasteiger partial charge in [0.05, 0.1) is 29.7 Å². The van der Waals surface area contributed by atoms with Gasteiger partial charge in [-0.05, 0) is 96.4 Å². The molecule has 1 fully saturated rings. The molecule has 0 bridgehead atoms. The first kappa shape index (κ1) is 42.1. The number of likely N-dealkylation sites (tertiary alicyclic amines) is 1. The maximum Gasteiger partial charge on any atom is 0.306 e. The topological polar surface area (TPSA) is 157 Å². The van der Waals surface area contributed by atoms with Gasteiger partial charge in [0.2, 0.25) is 0 Å². The van der Waals surface area contributed by atoms with E-state index in [0.717, 1.165) is 70.6 Å². The van der Waals surface area contributed by atoms with Crippen molar-refractivity contribution in [3.8, 4) is 45.6 Å². The number of nitrogens with one attached hydrogen (secondary N) is 1.